The lowest BCUT2D eigenvalue weighted by atomic mass is 10.1. The van der Waals surface area contributed by atoms with Crippen LogP contribution >= 0.6 is 11.3 Å². The summed E-state index contributed by atoms with van der Waals surface area (Å²) in [5.74, 6) is 0.733. The number of hydrogen-bond donors (Lipinski definition) is 1. The first-order chi connectivity index (χ1) is 13.3. The zero-order valence-corrected chi connectivity index (χ0v) is 17.0. The highest BCUT2D eigenvalue weighted by atomic mass is 32.1. The van der Waals surface area contributed by atoms with Crippen molar-refractivity contribution >= 4 is 17.2 Å². The highest BCUT2D eigenvalue weighted by Crippen LogP contribution is 2.27. The number of nitrogens with one attached hydrogen (secondary N) is 1. The van der Waals surface area contributed by atoms with Gasteiger partial charge in [0.2, 0.25) is 0 Å². The lowest BCUT2D eigenvalue weighted by Crippen LogP contribution is -2.40. The molecule has 1 aromatic carbocycles. The summed E-state index contributed by atoms with van der Waals surface area (Å²) in [7, 11) is 0. The van der Waals surface area contributed by atoms with Crippen LogP contribution in [0.5, 0.6) is 5.75 Å². The lowest BCUT2D eigenvalue weighted by molar-refractivity contribution is 0.0925. The van der Waals surface area contributed by atoms with Crippen LogP contribution in [-0.2, 0) is 0 Å². The van der Waals surface area contributed by atoms with E-state index in [1.165, 1.54) is 24.1 Å². The third-order valence-corrected chi connectivity index (χ3v) is 6.00. The van der Waals surface area contributed by atoms with Crippen LogP contribution < -0.4 is 10.1 Å². The summed E-state index contributed by atoms with van der Waals surface area (Å²) in [5.41, 5.74) is 0.660. The van der Waals surface area contributed by atoms with Crippen LogP contribution in [0.4, 0.5) is 0 Å². The maximum absolute atomic E-state index is 12.7. The molecule has 27 heavy (non-hydrogen) atoms. The van der Waals surface area contributed by atoms with Crippen molar-refractivity contribution in [3.63, 3.8) is 0 Å². The summed E-state index contributed by atoms with van der Waals surface area (Å²) in [4.78, 5) is 16.5. The van der Waals surface area contributed by atoms with Crippen LogP contribution in [0.2, 0.25) is 0 Å². The van der Waals surface area contributed by atoms with Crippen molar-refractivity contribution in [2.45, 2.75) is 45.1 Å². The van der Waals surface area contributed by atoms with Crippen LogP contribution in [0.25, 0.3) is 0 Å². The second-order valence-electron chi connectivity index (χ2n) is 7.07. The molecule has 3 rings (SSSR count). The Hall–Kier alpha value is -1.85. The van der Waals surface area contributed by atoms with Crippen LogP contribution in [0, 0.1) is 0 Å². The number of nitrogens with zero attached hydrogens (tertiary/aromatic N) is 1. The Morgan fingerprint density at radius 2 is 2.07 bits per heavy atom. The normalized spacial score (nSPS) is 16.0. The molecule has 4 nitrogen and oxygen atoms in total. The highest BCUT2D eigenvalue weighted by molar-refractivity contribution is 7.10. The SMILES string of the molecule is CCCCOc1cccc(C(=O)NC[C@@H](c2cccs2)N2CCCCC2)c1. The second-order valence-corrected chi connectivity index (χ2v) is 8.05. The van der Waals surface area contributed by atoms with Crippen molar-refractivity contribution in [3.8, 4) is 5.75 Å². The summed E-state index contributed by atoms with van der Waals surface area (Å²) in [6.45, 7) is 5.69. The zero-order valence-electron chi connectivity index (χ0n) is 16.2. The Labute approximate surface area is 166 Å². The van der Waals surface area contributed by atoms with Gasteiger partial charge in [0.25, 0.3) is 5.91 Å². The first kappa shape index (κ1) is 19.9. The fourth-order valence-corrected chi connectivity index (χ4v) is 4.33. The molecule has 1 amide bonds. The molecule has 1 aliphatic rings. The maximum atomic E-state index is 12.7. The summed E-state index contributed by atoms with van der Waals surface area (Å²) in [6.07, 6.45) is 5.92. The molecular formula is C22H30N2O2S. The average molecular weight is 387 g/mol. The molecule has 1 aliphatic heterocycles. The highest BCUT2D eigenvalue weighted by Gasteiger charge is 2.23. The minimum absolute atomic E-state index is 0.0329. The number of carbonyl (C=O) groups excluding carboxylic acids is 1. The number of rotatable bonds is 9. The number of hydrogen-bond acceptors (Lipinski definition) is 4. The second kappa shape index (κ2) is 10.5. The molecular weight excluding hydrogens is 356 g/mol. The molecule has 5 heteroatoms. The van der Waals surface area contributed by atoms with Crippen molar-refractivity contribution in [2.75, 3.05) is 26.2 Å². The van der Waals surface area contributed by atoms with E-state index in [-0.39, 0.29) is 11.9 Å². The number of amides is 1. The van der Waals surface area contributed by atoms with Crippen molar-refractivity contribution < 1.29 is 9.53 Å². The van der Waals surface area contributed by atoms with Crippen LogP contribution in [-0.4, -0.2) is 37.0 Å². The third-order valence-electron chi connectivity index (χ3n) is 5.02. The van der Waals surface area contributed by atoms with Gasteiger partial charge in [0.15, 0.2) is 0 Å². The van der Waals surface area contributed by atoms with E-state index in [1.54, 1.807) is 11.3 Å². The Bertz CT molecular complexity index is 696. The third kappa shape index (κ3) is 5.81. The van der Waals surface area contributed by atoms with Gasteiger partial charge in [0, 0.05) is 17.0 Å². The van der Waals surface area contributed by atoms with E-state index in [2.05, 4.69) is 34.7 Å². The van der Waals surface area contributed by atoms with E-state index in [1.807, 2.05) is 24.3 Å². The molecule has 1 atom stereocenters. The topological polar surface area (TPSA) is 41.6 Å². The Balaban J connectivity index is 1.61. The number of likely N-dealkylation sites (tertiary alicyclic amines) is 1. The maximum Gasteiger partial charge on any atom is 0.251 e. The number of carbonyl (C=O) groups is 1. The van der Waals surface area contributed by atoms with Gasteiger partial charge in [-0.05, 0) is 62.0 Å². The standard InChI is InChI=1S/C22H30N2O2S/c1-2-3-14-26-19-10-7-9-18(16-19)22(25)23-17-20(21-11-8-15-27-21)24-12-5-4-6-13-24/h7-11,15-16,20H,2-6,12-14,17H2,1H3,(H,23,25)/t20-/m0/s1. The van der Waals surface area contributed by atoms with Gasteiger partial charge in [-0.25, -0.2) is 0 Å². The van der Waals surface area contributed by atoms with E-state index >= 15 is 0 Å². The molecule has 0 saturated carbocycles. The number of unbranched alkanes of at least 4 members (excludes halogenated alkanes) is 1. The van der Waals surface area contributed by atoms with E-state index < -0.39 is 0 Å². The van der Waals surface area contributed by atoms with Gasteiger partial charge >= 0.3 is 0 Å². The molecule has 0 radical (unpaired) electrons. The molecule has 0 spiro atoms. The zero-order chi connectivity index (χ0) is 18.9. The molecule has 1 N–H and O–H groups in total. The summed E-state index contributed by atoms with van der Waals surface area (Å²) in [5, 5.41) is 5.27. The fourth-order valence-electron chi connectivity index (χ4n) is 3.47. The fraction of sp³-hybridized carbons (Fsp3) is 0.500. The molecule has 0 aliphatic carbocycles. The van der Waals surface area contributed by atoms with Gasteiger partial charge in [0.1, 0.15) is 5.75 Å². The molecule has 1 fully saturated rings. The number of thiophene rings is 1. The Kier molecular flexibility index (Phi) is 7.72. The Morgan fingerprint density at radius 1 is 1.22 bits per heavy atom. The average Bonchev–Trinajstić information content (AvgIpc) is 3.24. The van der Waals surface area contributed by atoms with Gasteiger partial charge in [-0.2, -0.15) is 0 Å². The molecule has 0 unspecified atom stereocenters. The van der Waals surface area contributed by atoms with Crippen LogP contribution in [0.3, 0.4) is 0 Å². The van der Waals surface area contributed by atoms with Crippen molar-refractivity contribution in [2.24, 2.45) is 0 Å². The van der Waals surface area contributed by atoms with E-state index in [9.17, 15) is 4.79 Å². The first-order valence-corrected chi connectivity index (χ1v) is 10.9. The summed E-state index contributed by atoms with van der Waals surface area (Å²) < 4.78 is 5.73. The van der Waals surface area contributed by atoms with Crippen LogP contribution in [0.1, 0.15) is 60.3 Å². The molecule has 0 bridgehead atoms. The van der Waals surface area contributed by atoms with Gasteiger partial charge < -0.3 is 10.1 Å². The monoisotopic (exact) mass is 386 g/mol. The summed E-state index contributed by atoms with van der Waals surface area (Å²) >= 11 is 1.77. The largest absolute Gasteiger partial charge is 0.494 e. The molecule has 2 heterocycles. The quantitative estimate of drug-likeness (QED) is 0.624. The first-order valence-electron chi connectivity index (χ1n) is 10.1. The van der Waals surface area contributed by atoms with Crippen molar-refractivity contribution in [1.82, 2.24) is 10.2 Å². The smallest absolute Gasteiger partial charge is 0.251 e. The minimum Gasteiger partial charge on any atom is -0.494 e. The lowest BCUT2D eigenvalue weighted by Gasteiger charge is -2.34. The van der Waals surface area contributed by atoms with E-state index in [4.69, 9.17) is 4.74 Å². The molecule has 146 valence electrons. The summed E-state index contributed by atoms with van der Waals surface area (Å²) in [6, 6.07) is 12.0. The van der Waals surface area contributed by atoms with Gasteiger partial charge in [-0.15, -0.1) is 11.3 Å². The minimum atomic E-state index is -0.0329. The number of ether oxygens (including phenoxy) is 1. The van der Waals surface area contributed by atoms with Gasteiger partial charge in [0.05, 0.1) is 12.6 Å². The van der Waals surface area contributed by atoms with E-state index in [0.29, 0.717) is 18.7 Å². The molecule has 1 saturated heterocycles. The number of benzene rings is 1. The predicted octanol–water partition coefficient (Wildman–Crippen LogP) is 4.88. The van der Waals surface area contributed by atoms with Gasteiger partial charge in [-0.1, -0.05) is 31.9 Å². The van der Waals surface area contributed by atoms with Crippen molar-refractivity contribution in [1.29, 1.82) is 0 Å². The predicted molar refractivity (Wildman–Crippen MR) is 112 cm³/mol. The van der Waals surface area contributed by atoms with Crippen LogP contribution in [0.15, 0.2) is 41.8 Å². The number of piperidine rings is 1. The molecule has 1 aromatic heterocycles. The molecule has 2 aromatic rings. The Morgan fingerprint density at radius 3 is 2.81 bits per heavy atom. The van der Waals surface area contributed by atoms with Gasteiger partial charge in [-0.3, -0.25) is 9.69 Å². The van der Waals surface area contributed by atoms with E-state index in [0.717, 1.165) is 31.7 Å². The van der Waals surface area contributed by atoms with Crippen molar-refractivity contribution in [3.05, 3.63) is 52.2 Å².